The van der Waals surface area contributed by atoms with Gasteiger partial charge in [-0.15, -0.1) is 11.3 Å². The summed E-state index contributed by atoms with van der Waals surface area (Å²) >= 11 is 1.72. The van der Waals surface area contributed by atoms with Crippen molar-refractivity contribution in [3.05, 3.63) is 47.5 Å². The van der Waals surface area contributed by atoms with Crippen LogP contribution in [0.3, 0.4) is 0 Å². The van der Waals surface area contributed by atoms with Gasteiger partial charge in [0.15, 0.2) is 0 Å². The molecule has 1 unspecified atom stereocenters. The lowest BCUT2D eigenvalue weighted by Gasteiger charge is -2.22. The lowest BCUT2D eigenvalue weighted by molar-refractivity contribution is -0.117. The third kappa shape index (κ3) is 3.81. The number of amides is 1. The zero-order valence-corrected chi connectivity index (χ0v) is 16.8. The van der Waals surface area contributed by atoms with Gasteiger partial charge in [-0.1, -0.05) is 12.1 Å². The second-order valence-corrected chi connectivity index (χ2v) is 7.82. The molecule has 1 aromatic heterocycles. The SMILES string of the molecule is COc1ccc(NC(=O)CN2CCCC2c2nc3ccccc3s2)c(OC)c1. The van der Waals surface area contributed by atoms with Crippen molar-refractivity contribution in [3.63, 3.8) is 0 Å². The molecule has 0 bridgehead atoms. The maximum Gasteiger partial charge on any atom is 0.238 e. The van der Waals surface area contributed by atoms with E-state index in [0.29, 0.717) is 23.7 Å². The fourth-order valence-corrected chi connectivity index (χ4v) is 4.74. The maximum atomic E-state index is 12.7. The highest BCUT2D eigenvalue weighted by molar-refractivity contribution is 7.18. The van der Waals surface area contributed by atoms with Gasteiger partial charge in [0.2, 0.25) is 5.91 Å². The van der Waals surface area contributed by atoms with E-state index in [9.17, 15) is 4.79 Å². The first kappa shape index (κ1) is 18.7. The van der Waals surface area contributed by atoms with E-state index < -0.39 is 0 Å². The van der Waals surface area contributed by atoms with E-state index in [-0.39, 0.29) is 11.9 Å². The second-order valence-electron chi connectivity index (χ2n) is 6.76. The maximum absolute atomic E-state index is 12.7. The van der Waals surface area contributed by atoms with Crippen molar-refractivity contribution in [2.24, 2.45) is 0 Å². The highest BCUT2D eigenvalue weighted by Crippen LogP contribution is 2.36. The highest BCUT2D eigenvalue weighted by Gasteiger charge is 2.30. The van der Waals surface area contributed by atoms with Gasteiger partial charge >= 0.3 is 0 Å². The molecule has 0 spiro atoms. The molecule has 1 N–H and O–H groups in total. The van der Waals surface area contributed by atoms with Gasteiger partial charge in [0.1, 0.15) is 16.5 Å². The van der Waals surface area contributed by atoms with Crippen LogP contribution >= 0.6 is 11.3 Å². The van der Waals surface area contributed by atoms with Gasteiger partial charge in [0.05, 0.1) is 42.7 Å². The number of carbonyl (C=O) groups is 1. The van der Waals surface area contributed by atoms with Crippen LogP contribution in [-0.4, -0.2) is 43.1 Å². The minimum Gasteiger partial charge on any atom is -0.497 e. The number of anilines is 1. The summed E-state index contributed by atoms with van der Waals surface area (Å²) in [7, 11) is 3.18. The number of benzene rings is 2. The predicted molar refractivity (Wildman–Crippen MR) is 111 cm³/mol. The van der Waals surface area contributed by atoms with E-state index in [4.69, 9.17) is 14.5 Å². The van der Waals surface area contributed by atoms with Gasteiger partial charge in [0, 0.05) is 6.07 Å². The number of carbonyl (C=O) groups excluding carboxylic acids is 1. The second kappa shape index (κ2) is 8.16. The summed E-state index contributed by atoms with van der Waals surface area (Å²) in [4.78, 5) is 19.7. The molecule has 1 aliphatic rings. The molecule has 1 saturated heterocycles. The van der Waals surface area contributed by atoms with Gasteiger partial charge in [-0.05, 0) is 43.7 Å². The van der Waals surface area contributed by atoms with Crippen LogP contribution in [0.5, 0.6) is 11.5 Å². The van der Waals surface area contributed by atoms with E-state index in [1.165, 1.54) is 4.70 Å². The molecule has 4 rings (SSSR count). The topological polar surface area (TPSA) is 63.7 Å². The number of aromatic nitrogens is 1. The Morgan fingerprint density at radius 2 is 2.11 bits per heavy atom. The number of hydrogen-bond acceptors (Lipinski definition) is 6. The number of rotatable bonds is 6. The molecule has 0 radical (unpaired) electrons. The van der Waals surface area contributed by atoms with Crippen molar-refractivity contribution < 1.29 is 14.3 Å². The molecule has 3 aromatic rings. The number of ether oxygens (including phenoxy) is 2. The molecule has 0 aliphatic carbocycles. The van der Waals surface area contributed by atoms with E-state index >= 15 is 0 Å². The Balaban J connectivity index is 1.46. The number of para-hydroxylation sites is 1. The van der Waals surface area contributed by atoms with Crippen molar-refractivity contribution in [1.29, 1.82) is 0 Å². The van der Waals surface area contributed by atoms with Crippen LogP contribution in [0.2, 0.25) is 0 Å². The van der Waals surface area contributed by atoms with Crippen molar-refractivity contribution >= 4 is 33.1 Å². The number of nitrogens with one attached hydrogen (secondary N) is 1. The first-order chi connectivity index (χ1) is 13.7. The third-order valence-electron chi connectivity index (χ3n) is 4.99. The summed E-state index contributed by atoms with van der Waals surface area (Å²) in [5, 5.41) is 4.05. The van der Waals surface area contributed by atoms with Crippen LogP contribution in [0.25, 0.3) is 10.2 Å². The number of nitrogens with zero attached hydrogens (tertiary/aromatic N) is 2. The van der Waals surface area contributed by atoms with Crippen molar-refractivity contribution in [1.82, 2.24) is 9.88 Å². The molecule has 1 fully saturated rings. The summed E-state index contributed by atoms with van der Waals surface area (Å²) in [6.07, 6.45) is 2.10. The molecular formula is C21H23N3O3S. The summed E-state index contributed by atoms with van der Waals surface area (Å²) in [5.74, 6) is 1.21. The summed E-state index contributed by atoms with van der Waals surface area (Å²) < 4.78 is 11.8. The van der Waals surface area contributed by atoms with E-state index in [1.54, 1.807) is 43.8 Å². The zero-order chi connectivity index (χ0) is 19.5. The Morgan fingerprint density at radius 3 is 2.89 bits per heavy atom. The standard InChI is InChI=1S/C21H23N3O3S/c1-26-14-9-10-15(18(12-14)27-2)22-20(25)13-24-11-5-7-17(24)21-23-16-6-3-4-8-19(16)28-21/h3-4,6,8-10,12,17H,5,7,11,13H2,1-2H3,(H,22,25). The third-order valence-corrected chi connectivity index (χ3v) is 6.13. The minimum absolute atomic E-state index is 0.0588. The molecule has 1 amide bonds. The summed E-state index contributed by atoms with van der Waals surface area (Å²) in [6, 6.07) is 13.7. The highest BCUT2D eigenvalue weighted by atomic mass is 32.1. The van der Waals surface area contributed by atoms with Crippen LogP contribution < -0.4 is 14.8 Å². The lowest BCUT2D eigenvalue weighted by Crippen LogP contribution is -2.33. The fraction of sp³-hybridized carbons (Fsp3) is 0.333. The molecule has 0 saturated carbocycles. The minimum atomic E-state index is -0.0588. The summed E-state index contributed by atoms with van der Waals surface area (Å²) in [5.41, 5.74) is 1.67. The van der Waals surface area contributed by atoms with Gasteiger partial charge < -0.3 is 14.8 Å². The molecule has 28 heavy (non-hydrogen) atoms. The van der Waals surface area contributed by atoms with Gasteiger partial charge in [0.25, 0.3) is 0 Å². The van der Waals surface area contributed by atoms with E-state index in [1.807, 2.05) is 18.2 Å². The predicted octanol–water partition coefficient (Wildman–Crippen LogP) is 4.09. The number of likely N-dealkylation sites (tertiary alicyclic amines) is 1. The van der Waals surface area contributed by atoms with E-state index in [2.05, 4.69) is 16.3 Å². The average molecular weight is 398 g/mol. The molecule has 146 valence electrons. The Bertz CT molecular complexity index is 955. The van der Waals surface area contributed by atoms with Crippen LogP contribution in [0.1, 0.15) is 23.9 Å². The van der Waals surface area contributed by atoms with Gasteiger partial charge in [-0.3, -0.25) is 9.69 Å². The number of hydrogen-bond donors (Lipinski definition) is 1. The summed E-state index contributed by atoms with van der Waals surface area (Å²) in [6.45, 7) is 1.23. The quantitative estimate of drug-likeness (QED) is 0.679. The fourth-order valence-electron chi connectivity index (χ4n) is 3.60. The largest absolute Gasteiger partial charge is 0.497 e. The molecule has 2 heterocycles. The normalized spacial score (nSPS) is 17.0. The van der Waals surface area contributed by atoms with Crippen LogP contribution in [0.15, 0.2) is 42.5 Å². The molecule has 1 aliphatic heterocycles. The molecule has 1 atom stereocenters. The lowest BCUT2D eigenvalue weighted by atomic mass is 10.2. The monoisotopic (exact) mass is 397 g/mol. The Labute approximate surface area is 168 Å². The average Bonchev–Trinajstić information content (AvgIpc) is 3.34. The van der Waals surface area contributed by atoms with E-state index in [0.717, 1.165) is 29.9 Å². The first-order valence-electron chi connectivity index (χ1n) is 9.29. The van der Waals surface area contributed by atoms with Crippen LogP contribution in [-0.2, 0) is 4.79 Å². The van der Waals surface area contributed by atoms with Crippen molar-refractivity contribution in [2.75, 3.05) is 32.6 Å². The molecular weight excluding hydrogens is 374 g/mol. The number of methoxy groups -OCH3 is 2. The molecule has 2 aromatic carbocycles. The van der Waals surface area contributed by atoms with Crippen LogP contribution in [0, 0.1) is 0 Å². The van der Waals surface area contributed by atoms with Crippen molar-refractivity contribution in [2.45, 2.75) is 18.9 Å². The number of fused-ring (bicyclic) bond motifs is 1. The van der Waals surface area contributed by atoms with Crippen LogP contribution in [0.4, 0.5) is 5.69 Å². The zero-order valence-electron chi connectivity index (χ0n) is 16.0. The van der Waals surface area contributed by atoms with Gasteiger partial charge in [-0.2, -0.15) is 0 Å². The smallest absolute Gasteiger partial charge is 0.238 e. The Hall–Kier alpha value is -2.64. The Kier molecular flexibility index (Phi) is 5.45. The molecule has 6 nitrogen and oxygen atoms in total. The molecule has 7 heteroatoms. The first-order valence-corrected chi connectivity index (χ1v) is 10.1. The van der Waals surface area contributed by atoms with Crippen molar-refractivity contribution in [3.8, 4) is 11.5 Å². The Morgan fingerprint density at radius 1 is 1.25 bits per heavy atom. The van der Waals surface area contributed by atoms with Gasteiger partial charge in [-0.25, -0.2) is 4.98 Å². The number of thiazole rings is 1.